The van der Waals surface area contributed by atoms with Crippen molar-refractivity contribution in [3.05, 3.63) is 65.2 Å². The van der Waals surface area contributed by atoms with Gasteiger partial charge in [0.25, 0.3) is 0 Å². The number of carbonyl (C=O) groups is 3. The molecule has 5 saturated carbocycles. The number of fused-ring (bicyclic) bond motifs is 8. The molecule has 1 heterocycles. The van der Waals surface area contributed by atoms with E-state index in [1.807, 2.05) is 25.1 Å². The van der Waals surface area contributed by atoms with Gasteiger partial charge in [0, 0.05) is 36.3 Å². The van der Waals surface area contributed by atoms with E-state index in [0.29, 0.717) is 66.3 Å². The van der Waals surface area contributed by atoms with E-state index >= 15 is 0 Å². The predicted molar refractivity (Wildman–Crippen MR) is 230 cm³/mol. The van der Waals surface area contributed by atoms with Gasteiger partial charge in [-0.15, -0.1) is 0 Å². The van der Waals surface area contributed by atoms with E-state index in [-0.39, 0.29) is 39.9 Å². The average molecular weight is 786 g/mol. The van der Waals surface area contributed by atoms with Gasteiger partial charge < -0.3 is 15.4 Å². The monoisotopic (exact) mass is 786 g/mol. The normalized spacial score (nSPS) is 38.2. The number of aliphatic carboxylic acids is 1. The van der Waals surface area contributed by atoms with Crippen LogP contribution < -0.4 is 5.32 Å². The highest BCUT2D eigenvalue weighted by Gasteiger charge is 2.64. The van der Waals surface area contributed by atoms with Crippen molar-refractivity contribution in [2.75, 3.05) is 6.54 Å². The van der Waals surface area contributed by atoms with Gasteiger partial charge >= 0.3 is 5.97 Å². The lowest BCUT2D eigenvalue weighted by Crippen LogP contribution is -2.60. The lowest BCUT2D eigenvalue weighted by Gasteiger charge is -2.67. The number of Topliss-reactive ketones (excluding diaryl/α,β-unsaturated/α-hetero) is 2. The summed E-state index contributed by atoms with van der Waals surface area (Å²) in [6.07, 6.45) is 12.5. The fourth-order valence-electron chi connectivity index (χ4n) is 15.1. The van der Waals surface area contributed by atoms with Crippen LogP contribution in [0.1, 0.15) is 124 Å². The minimum atomic E-state index is -0.746. The summed E-state index contributed by atoms with van der Waals surface area (Å²) >= 11 is 0. The Hall–Kier alpha value is -3.58. The Morgan fingerprint density at radius 2 is 1.66 bits per heavy atom. The van der Waals surface area contributed by atoms with E-state index in [0.717, 1.165) is 54.8 Å². The molecule has 9 rings (SSSR count). The number of carboxylic acid groups (broad SMARTS) is 1. The highest BCUT2D eigenvalue weighted by atomic mass is 16.4. The second-order valence-corrected chi connectivity index (χ2v) is 21.1. The molecule has 2 aromatic carbocycles. The van der Waals surface area contributed by atoms with Crippen LogP contribution in [0.2, 0.25) is 0 Å². The maximum Gasteiger partial charge on any atom is 0.306 e. The minimum absolute atomic E-state index is 0.0192. The molecule has 1 aromatic heterocycles. The Morgan fingerprint density at radius 3 is 2.40 bits per heavy atom. The van der Waals surface area contributed by atoms with Gasteiger partial charge in [0.1, 0.15) is 11.6 Å². The highest BCUT2D eigenvalue weighted by molar-refractivity contribution is 6.00. The number of allylic oxidation sites excluding steroid dienone is 2. The van der Waals surface area contributed by atoms with Crippen LogP contribution in [0.5, 0.6) is 0 Å². The van der Waals surface area contributed by atoms with Gasteiger partial charge in [-0.2, -0.15) is 0 Å². The number of benzene rings is 2. The number of H-pyrrole nitrogens is 1. The summed E-state index contributed by atoms with van der Waals surface area (Å²) in [7, 11) is 0. The van der Waals surface area contributed by atoms with Crippen molar-refractivity contribution in [2.45, 2.75) is 125 Å². The minimum Gasteiger partial charge on any atom is -0.481 e. The van der Waals surface area contributed by atoms with Gasteiger partial charge in [0.05, 0.1) is 17.0 Å². The molecule has 5 fully saturated rings. The van der Waals surface area contributed by atoms with Gasteiger partial charge in [-0.3, -0.25) is 14.4 Å². The Labute approximate surface area is 346 Å². The van der Waals surface area contributed by atoms with Gasteiger partial charge in [0.15, 0.2) is 5.78 Å². The van der Waals surface area contributed by atoms with Crippen molar-refractivity contribution in [3.8, 4) is 11.4 Å². The lowest BCUT2D eigenvalue weighted by molar-refractivity contribution is -0.172. The zero-order valence-electron chi connectivity index (χ0n) is 35.9. The molecule has 12 unspecified atom stereocenters. The SMILES string of the molecule is CC(C)C1=C2C3CCC4C(C)(CCC5C(C)C(CC(=O)C6CC(C(=O)O)C6C)CCC54C)C3CCC2(CCNCc2ccc3nc(-c4ccccc4)[nH]c3c2)CC1=O. The second kappa shape index (κ2) is 14.9. The van der Waals surface area contributed by atoms with E-state index in [2.05, 4.69) is 75.3 Å². The highest BCUT2D eigenvalue weighted by Crippen LogP contribution is 2.72. The van der Waals surface area contributed by atoms with Crippen molar-refractivity contribution >= 4 is 28.6 Å². The molecule has 6 aliphatic carbocycles. The van der Waals surface area contributed by atoms with Crippen LogP contribution in [0.15, 0.2) is 59.7 Å². The average Bonchev–Trinajstić information content (AvgIpc) is 3.75. The number of ketones is 2. The standard InChI is InChI=1S/C51H67N3O4/c1-29(2)45-43(56)27-51(22-23-52-28-32-12-14-40-41(24-32)54-47(53-40)33-10-8-7-9-11-33)21-18-39-35(46(45)51)13-15-44-49(5)19-16-34(30(3)38(49)17-20-50(39,44)6)25-42(55)36-26-37(31(36)4)48(57)58/h7-12,14,24,29-31,34-39,44,52H,13,15-23,25-28H2,1-6H3,(H,53,54)(H,57,58). The van der Waals surface area contributed by atoms with Crippen LogP contribution in [0.3, 0.4) is 0 Å². The van der Waals surface area contributed by atoms with Crippen molar-refractivity contribution in [3.63, 3.8) is 0 Å². The maximum atomic E-state index is 14.1. The van der Waals surface area contributed by atoms with Crippen molar-refractivity contribution < 1.29 is 19.5 Å². The Morgan fingerprint density at radius 1 is 0.914 bits per heavy atom. The summed E-state index contributed by atoms with van der Waals surface area (Å²) in [6.45, 7) is 15.9. The van der Waals surface area contributed by atoms with Crippen LogP contribution in [-0.2, 0) is 20.9 Å². The number of aromatic amines is 1. The van der Waals surface area contributed by atoms with E-state index in [4.69, 9.17) is 4.98 Å². The molecule has 7 nitrogen and oxygen atoms in total. The number of nitrogens with one attached hydrogen (secondary N) is 2. The summed E-state index contributed by atoms with van der Waals surface area (Å²) < 4.78 is 0. The Balaban J connectivity index is 0.879. The molecule has 0 bridgehead atoms. The van der Waals surface area contributed by atoms with Crippen molar-refractivity contribution in [1.82, 2.24) is 15.3 Å². The van der Waals surface area contributed by atoms with E-state index in [1.165, 1.54) is 49.7 Å². The van der Waals surface area contributed by atoms with Gasteiger partial charge in [-0.05, 0) is 152 Å². The summed E-state index contributed by atoms with van der Waals surface area (Å²) in [6, 6.07) is 16.8. The summed E-state index contributed by atoms with van der Waals surface area (Å²) in [4.78, 5) is 47.5. The molecule has 3 aromatic rings. The van der Waals surface area contributed by atoms with Gasteiger partial charge in [-0.25, -0.2) is 4.98 Å². The third kappa shape index (κ3) is 6.38. The summed E-state index contributed by atoms with van der Waals surface area (Å²) in [5.74, 6) is 4.05. The number of imidazole rings is 1. The van der Waals surface area contributed by atoms with Crippen LogP contribution in [0.4, 0.5) is 0 Å². The van der Waals surface area contributed by atoms with Gasteiger partial charge in [0.2, 0.25) is 0 Å². The molecule has 0 aliphatic heterocycles. The third-order valence-corrected chi connectivity index (χ3v) is 18.2. The molecular formula is C51H67N3O4. The zero-order chi connectivity index (χ0) is 40.7. The quantitative estimate of drug-likeness (QED) is 0.167. The van der Waals surface area contributed by atoms with Crippen LogP contribution >= 0.6 is 0 Å². The molecule has 0 radical (unpaired) electrons. The third-order valence-electron chi connectivity index (χ3n) is 18.2. The number of nitrogens with zero attached hydrogens (tertiary/aromatic N) is 1. The van der Waals surface area contributed by atoms with E-state index in [1.54, 1.807) is 5.57 Å². The molecule has 7 heteroatoms. The molecule has 0 spiro atoms. The number of carboxylic acids is 1. The number of hydrogen-bond donors (Lipinski definition) is 3. The summed E-state index contributed by atoms with van der Waals surface area (Å²) in [5, 5.41) is 13.3. The fraction of sp³-hybridized carbons (Fsp3) is 0.647. The first-order valence-electron chi connectivity index (χ1n) is 23.0. The molecule has 0 amide bonds. The van der Waals surface area contributed by atoms with Gasteiger partial charge in [-0.1, -0.05) is 83.5 Å². The first kappa shape index (κ1) is 39.9. The maximum absolute atomic E-state index is 14.1. The molecule has 310 valence electrons. The van der Waals surface area contributed by atoms with Crippen LogP contribution in [0.25, 0.3) is 22.4 Å². The molecule has 3 N–H and O–H groups in total. The first-order valence-corrected chi connectivity index (χ1v) is 23.0. The van der Waals surface area contributed by atoms with Crippen molar-refractivity contribution in [1.29, 1.82) is 0 Å². The first-order chi connectivity index (χ1) is 27.7. The largest absolute Gasteiger partial charge is 0.481 e. The Bertz CT molecular complexity index is 2120. The predicted octanol–water partition coefficient (Wildman–Crippen LogP) is 10.8. The van der Waals surface area contributed by atoms with Crippen LogP contribution in [0, 0.1) is 75.4 Å². The number of carbonyl (C=O) groups excluding carboxylic acids is 2. The zero-order valence-corrected chi connectivity index (χ0v) is 35.9. The number of rotatable bonds is 11. The Kier molecular flexibility index (Phi) is 10.2. The molecular weight excluding hydrogens is 719 g/mol. The fourth-order valence-corrected chi connectivity index (χ4v) is 15.1. The molecule has 6 aliphatic rings. The number of aromatic nitrogens is 2. The molecule has 58 heavy (non-hydrogen) atoms. The molecule has 12 atom stereocenters. The summed E-state index contributed by atoms with van der Waals surface area (Å²) in [5.41, 5.74) is 7.66. The smallest absolute Gasteiger partial charge is 0.306 e. The lowest BCUT2D eigenvalue weighted by atomic mass is 9.37. The van der Waals surface area contributed by atoms with Crippen molar-refractivity contribution in [2.24, 2.45) is 75.4 Å². The van der Waals surface area contributed by atoms with E-state index < -0.39 is 5.97 Å². The molecule has 0 saturated heterocycles. The topological polar surface area (TPSA) is 112 Å². The van der Waals surface area contributed by atoms with Crippen LogP contribution in [-0.4, -0.2) is 39.2 Å². The van der Waals surface area contributed by atoms with E-state index in [9.17, 15) is 19.5 Å². The second-order valence-electron chi connectivity index (χ2n) is 21.1. The number of hydrogen-bond acceptors (Lipinski definition) is 5.